The normalized spacial score (nSPS) is 11.1. The molecule has 0 aliphatic heterocycles. The molecule has 0 radical (unpaired) electrons. The molecular formula is C14H12BrN3S. The van der Waals surface area contributed by atoms with E-state index in [4.69, 9.17) is 5.73 Å². The fourth-order valence-corrected chi connectivity index (χ4v) is 3.55. The molecule has 3 nitrogen and oxygen atoms in total. The zero-order valence-electron chi connectivity index (χ0n) is 10.4. The van der Waals surface area contributed by atoms with E-state index in [0.29, 0.717) is 5.82 Å². The number of benzene rings is 1. The number of anilines is 1. The van der Waals surface area contributed by atoms with E-state index in [1.54, 1.807) is 11.3 Å². The number of halogens is 1. The Balaban J connectivity index is 2.35. The van der Waals surface area contributed by atoms with Crippen molar-refractivity contribution in [1.82, 2.24) is 9.97 Å². The molecule has 3 rings (SSSR count). The van der Waals surface area contributed by atoms with Crippen molar-refractivity contribution in [1.29, 1.82) is 0 Å². The van der Waals surface area contributed by atoms with Crippen molar-refractivity contribution >= 4 is 43.3 Å². The van der Waals surface area contributed by atoms with Gasteiger partial charge in [0.25, 0.3) is 0 Å². The Morgan fingerprint density at radius 1 is 1.21 bits per heavy atom. The zero-order chi connectivity index (χ0) is 13.4. The van der Waals surface area contributed by atoms with Gasteiger partial charge in [0.2, 0.25) is 0 Å². The van der Waals surface area contributed by atoms with E-state index in [1.165, 1.54) is 16.8 Å². The van der Waals surface area contributed by atoms with Gasteiger partial charge in [-0.3, -0.25) is 0 Å². The molecule has 2 aromatic heterocycles. The molecule has 0 fully saturated rings. The highest BCUT2D eigenvalue weighted by Crippen LogP contribution is 2.40. The van der Waals surface area contributed by atoms with Crippen molar-refractivity contribution in [2.24, 2.45) is 0 Å². The maximum atomic E-state index is 6.04. The average Bonchev–Trinajstić information content (AvgIpc) is 2.80. The van der Waals surface area contributed by atoms with Gasteiger partial charge in [-0.1, -0.05) is 35.0 Å². The van der Waals surface area contributed by atoms with Crippen molar-refractivity contribution in [3.8, 4) is 11.1 Å². The van der Waals surface area contributed by atoms with Gasteiger partial charge in [-0.15, -0.1) is 11.3 Å². The Kier molecular flexibility index (Phi) is 3.24. The average molecular weight is 334 g/mol. The fraction of sp³-hybridized carbons (Fsp3) is 0.143. The lowest BCUT2D eigenvalue weighted by molar-refractivity contribution is 1.19. The molecule has 0 unspecified atom stereocenters. The molecule has 0 aliphatic carbocycles. The van der Waals surface area contributed by atoms with Crippen LogP contribution in [0.15, 0.2) is 35.1 Å². The van der Waals surface area contributed by atoms with Gasteiger partial charge in [0.15, 0.2) is 0 Å². The third-order valence-electron chi connectivity index (χ3n) is 3.04. The van der Waals surface area contributed by atoms with Crippen molar-refractivity contribution in [3.05, 3.63) is 39.9 Å². The molecule has 19 heavy (non-hydrogen) atoms. The van der Waals surface area contributed by atoms with E-state index < -0.39 is 0 Å². The van der Waals surface area contributed by atoms with Gasteiger partial charge in [0.05, 0.1) is 5.39 Å². The summed E-state index contributed by atoms with van der Waals surface area (Å²) in [6.07, 6.45) is 2.49. The number of fused-ring (bicyclic) bond motifs is 1. The summed E-state index contributed by atoms with van der Waals surface area (Å²) in [5, 5.41) is 0.978. The number of hydrogen-bond acceptors (Lipinski definition) is 4. The van der Waals surface area contributed by atoms with Gasteiger partial charge in [-0.05, 0) is 24.1 Å². The van der Waals surface area contributed by atoms with Crippen LogP contribution in [-0.4, -0.2) is 9.97 Å². The first-order valence-corrected chi connectivity index (χ1v) is 7.59. The number of nitrogen functional groups attached to an aromatic ring is 1. The van der Waals surface area contributed by atoms with E-state index in [1.807, 2.05) is 12.1 Å². The Labute approximate surface area is 123 Å². The molecule has 0 saturated carbocycles. The first-order chi connectivity index (χ1) is 9.20. The van der Waals surface area contributed by atoms with E-state index in [9.17, 15) is 0 Å². The molecule has 0 bridgehead atoms. The highest BCUT2D eigenvalue weighted by Gasteiger charge is 2.16. The lowest BCUT2D eigenvalue weighted by Crippen LogP contribution is -1.92. The SMILES string of the molecule is CCc1sc2ncnc(N)c2c1-c1ccc(Br)cc1. The van der Waals surface area contributed by atoms with E-state index in [2.05, 4.69) is 45.0 Å². The second-order valence-corrected chi connectivity index (χ2v) is 6.20. The van der Waals surface area contributed by atoms with Crippen molar-refractivity contribution in [2.75, 3.05) is 5.73 Å². The van der Waals surface area contributed by atoms with Crippen molar-refractivity contribution < 1.29 is 0 Å². The van der Waals surface area contributed by atoms with E-state index >= 15 is 0 Å². The van der Waals surface area contributed by atoms with E-state index in [0.717, 1.165) is 26.7 Å². The molecule has 96 valence electrons. The standard InChI is InChI=1S/C14H12BrN3S/c1-2-10-11(8-3-5-9(15)6-4-8)12-13(16)17-7-18-14(12)19-10/h3-7H,2H2,1H3,(H2,16,17,18). The molecular weight excluding hydrogens is 322 g/mol. The lowest BCUT2D eigenvalue weighted by atomic mass is 10.0. The molecule has 0 amide bonds. The van der Waals surface area contributed by atoms with Crippen LogP contribution in [0.5, 0.6) is 0 Å². The summed E-state index contributed by atoms with van der Waals surface area (Å²) in [6.45, 7) is 2.15. The third kappa shape index (κ3) is 2.13. The zero-order valence-corrected chi connectivity index (χ0v) is 12.8. The van der Waals surface area contributed by atoms with Gasteiger partial charge in [-0.25, -0.2) is 9.97 Å². The van der Waals surface area contributed by atoms with Crippen LogP contribution >= 0.6 is 27.3 Å². The van der Waals surface area contributed by atoms with Crippen LogP contribution in [0.1, 0.15) is 11.8 Å². The van der Waals surface area contributed by atoms with Crippen LogP contribution in [0.25, 0.3) is 21.3 Å². The first kappa shape index (κ1) is 12.6. The van der Waals surface area contributed by atoms with Gasteiger partial charge in [-0.2, -0.15) is 0 Å². The van der Waals surface area contributed by atoms with Crippen LogP contribution < -0.4 is 5.73 Å². The Morgan fingerprint density at radius 3 is 2.63 bits per heavy atom. The fourth-order valence-electron chi connectivity index (χ4n) is 2.17. The van der Waals surface area contributed by atoms with Gasteiger partial charge >= 0.3 is 0 Å². The minimum atomic E-state index is 0.555. The number of rotatable bonds is 2. The van der Waals surface area contributed by atoms with Gasteiger partial charge in [0, 0.05) is 14.9 Å². The highest BCUT2D eigenvalue weighted by atomic mass is 79.9. The highest BCUT2D eigenvalue weighted by molar-refractivity contribution is 9.10. The summed E-state index contributed by atoms with van der Waals surface area (Å²) >= 11 is 5.16. The molecule has 0 atom stereocenters. The van der Waals surface area contributed by atoms with Crippen molar-refractivity contribution in [2.45, 2.75) is 13.3 Å². The van der Waals surface area contributed by atoms with Crippen LogP contribution in [0, 0.1) is 0 Å². The molecule has 0 aliphatic rings. The second-order valence-electron chi connectivity index (χ2n) is 4.20. The molecule has 0 saturated heterocycles. The maximum Gasteiger partial charge on any atom is 0.136 e. The van der Waals surface area contributed by atoms with Crippen LogP contribution in [0.3, 0.4) is 0 Å². The van der Waals surface area contributed by atoms with Crippen molar-refractivity contribution in [3.63, 3.8) is 0 Å². The summed E-state index contributed by atoms with van der Waals surface area (Å²) in [6, 6.07) is 8.27. The van der Waals surface area contributed by atoms with Crippen LogP contribution in [0.2, 0.25) is 0 Å². The molecule has 2 N–H and O–H groups in total. The molecule has 5 heteroatoms. The number of aromatic nitrogens is 2. The monoisotopic (exact) mass is 333 g/mol. The Morgan fingerprint density at radius 2 is 1.95 bits per heavy atom. The number of hydrogen-bond donors (Lipinski definition) is 1. The maximum absolute atomic E-state index is 6.04. The predicted molar refractivity (Wildman–Crippen MR) is 84.3 cm³/mol. The predicted octanol–water partition coefficient (Wildman–Crippen LogP) is 4.27. The Hall–Kier alpha value is -1.46. The quantitative estimate of drug-likeness (QED) is 0.762. The number of nitrogens with zero attached hydrogens (tertiary/aromatic N) is 2. The summed E-state index contributed by atoms with van der Waals surface area (Å²) in [4.78, 5) is 10.7. The summed E-state index contributed by atoms with van der Waals surface area (Å²) in [7, 11) is 0. The topological polar surface area (TPSA) is 51.8 Å². The largest absolute Gasteiger partial charge is 0.383 e. The number of aryl methyl sites for hydroxylation is 1. The lowest BCUT2D eigenvalue weighted by Gasteiger charge is -2.04. The molecule has 3 aromatic rings. The van der Waals surface area contributed by atoms with E-state index in [-0.39, 0.29) is 0 Å². The summed E-state index contributed by atoms with van der Waals surface area (Å²) in [5.41, 5.74) is 8.37. The minimum Gasteiger partial charge on any atom is -0.383 e. The number of nitrogens with two attached hydrogens (primary N) is 1. The second kappa shape index (κ2) is 4.90. The van der Waals surface area contributed by atoms with Gasteiger partial charge in [0.1, 0.15) is 17.0 Å². The van der Waals surface area contributed by atoms with Crippen LogP contribution in [0.4, 0.5) is 5.82 Å². The molecule has 1 aromatic carbocycles. The Bertz CT molecular complexity index is 734. The molecule has 0 spiro atoms. The smallest absolute Gasteiger partial charge is 0.136 e. The van der Waals surface area contributed by atoms with Gasteiger partial charge < -0.3 is 5.73 Å². The number of thiophene rings is 1. The summed E-state index contributed by atoms with van der Waals surface area (Å²) < 4.78 is 1.07. The van der Waals surface area contributed by atoms with Crippen LogP contribution in [-0.2, 0) is 6.42 Å². The first-order valence-electron chi connectivity index (χ1n) is 5.98. The minimum absolute atomic E-state index is 0.555. The molecule has 2 heterocycles. The third-order valence-corrected chi connectivity index (χ3v) is 4.82. The summed E-state index contributed by atoms with van der Waals surface area (Å²) in [5.74, 6) is 0.555.